The quantitative estimate of drug-likeness (QED) is 0.728. The number of aliphatic carboxylic acids is 1. The molecule has 0 unspecified atom stereocenters. The Labute approximate surface area is 97.1 Å². The molecule has 1 rings (SSSR count). The van der Waals surface area contributed by atoms with Crippen molar-refractivity contribution in [3.8, 4) is 0 Å². The van der Waals surface area contributed by atoms with Gasteiger partial charge in [-0.2, -0.15) is 0 Å². The summed E-state index contributed by atoms with van der Waals surface area (Å²) in [6.07, 6.45) is 3.50. The zero-order valence-corrected chi connectivity index (χ0v) is 10.5. The van der Waals surface area contributed by atoms with E-state index in [9.17, 15) is 4.79 Å². The van der Waals surface area contributed by atoms with Crippen molar-refractivity contribution in [2.75, 3.05) is 0 Å². The first-order valence-electron chi connectivity index (χ1n) is 5.89. The molecule has 3 N–H and O–H groups in total. The molecule has 0 saturated heterocycles. The number of carboxylic acid groups (broad SMARTS) is 1. The Bertz CT molecular complexity index is 249. The highest BCUT2D eigenvalue weighted by Crippen LogP contribution is 2.43. The van der Waals surface area contributed by atoms with Crippen LogP contribution in [-0.4, -0.2) is 16.7 Å². The molecule has 0 bridgehead atoms. The van der Waals surface area contributed by atoms with Gasteiger partial charge in [0, 0.05) is 0 Å². The normalized spacial score (nSPS) is 31.4. The van der Waals surface area contributed by atoms with Gasteiger partial charge in [-0.3, -0.25) is 9.63 Å². The van der Waals surface area contributed by atoms with Gasteiger partial charge < -0.3 is 5.11 Å². The standard InChI is InChI=1S/C12H23NO3/c1-11(2,3)9-4-6-12(16-13,7-5-9)8-10(14)15/h9H,4-8,13H2,1-3H3,(H,14,15). The van der Waals surface area contributed by atoms with Crippen molar-refractivity contribution in [3.05, 3.63) is 0 Å². The molecule has 0 heterocycles. The van der Waals surface area contributed by atoms with Crippen LogP contribution in [0.4, 0.5) is 0 Å². The monoisotopic (exact) mass is 229 g/mol. The Kier molecular flexibility index (Phi) is 3.97. The molecule has 1 saturated carbocycles. The van der Waals surface area contributed by atoms with Crippen molar-refractivity contribution >= 4 is 5.97 Å². The van der Waals surface area contributed by atoms with E-state index in [2.05, 4.69) is 20.8 Å². The zero-order valence-electron chi connectivity index (χ0n) is 10.5. The van der Waals surface area contributed by atoms with E-state index >= 15 is 0 Å². The Hall–Kier alpha value is -0.610. The third-order valence-corrected chi connectivity index (χ3v) is 3.84. The summed E-state index contributed by atoms with van der Waals surface area (Å²) in [7, 11) is 0. The molecule has 1 aliphatic carbocycles. The first kappa shape index (κ1) is 13.5. The minimum Gasteiger partial charge on any atom is -0.481 e. The second kappa shape index (κ2) is 4.72. The van der Waals surface area contributed by atoms with Gasteiger partial charge in [0.15, 0.2) is 0 Å². The Balaban J connectivity index is 2.60. The SMILES string of the molecule is CC(C)(C)C1CCC(CC(=O)O)(ON)CC1. The zero-order chi connectivity index (χ0) is 12.4. The summed E-state index contributed by atoms with van der Waals surface area (Å²) in [4.78, 5) is 15.7. The number of hydrogen-bond acceptors (Lipinski definition) is 3. The van der Waals surface area contributed by atoms with Gasteiger partial charge in [0.25, 0.3) is 0 Å². The predicted molar refractivity (Wildman–Crippen MR) is 61.7 cm³/mol. The van der Waals surface area contributed by atoms with E-state index < -0.39 is 11.6 Å². The summed E-state index contributed by atoms with van der Waals surface area (Å²) in [5, 5.41) is 8.85. The number of hydrogen-bond donors (Lipinski definition) is 2. The van der Waals surface area contributed by atoms with Crippen LogP contribution in [-0.2, 0) is 9.63 Å². The van der Waals surface area contributed by atoms with E-state index in [1.807, 2.05) is 0 Å². The molecule has 16 heavy (non-hydrogen) atoms. The van der Waals surface area contributed by atoms with Crippen LogP contribution in [0.25, 0.3) is 0 Å². The molecule has 0 spiro atoms. The lowest BCUT2D eigenvalue weighted by molar-refractivity contribution is -0.151. The summed E-state index contributed by atoms with van der Waals surface area (Å²) in [6, 6.07) is 0. The second-order valence-corrected chi connectivity index (χ2v) is 6.01. The maximum atomic E-state index is 10.8. The summed E-state index contributed by atoms with van der Waals surface area (Å²) < 4.78 is 0. The second-order valence-electron chi connectivity index (χ2n) is 6.01. The van der Waals surface area contributed by atoms with Crippen molar-refractivity contribution in [2.24, 2.45) is 17.2 Å². The predicted octanol–water partition coefficient (Wildman–Crippen LogP) is 2.33. The highest BCUT2D eigenvalue weighted by molar-refractivity contribution is 5.68. The summed E-state index contributed by atoms with van der Waals surface area (Å²) in [5.41, 5.74) is -0.350. The lowest BCUT2D eigenvalue weighted by Gasteiger charge is -2.42. The average molecular weight is 229 g/mol. The number of rotatable bonds is 3. The van der Waals surface area contributed by atoms with Crippen molar-refractivity contribution in [3.63, 3.8) is 0 Å². The summed E-state index contributed by atoms with van der Waals surface area (Å²) >= 11 is 0. The Morgan fingerprint density at radius 1 is 1.44 bits per heavy atom. The van der Waals surface area contributed by atoms with Gasteiger partial charge in [-0.1, -0.05) is 20.8 Å². The van der Waals surface area contributed by atoms with Crippen LogP contribution >= 0.6 is 0 Å². The molecule has 1 fully saturated rings. The first-order chi connectivity index (χ1) is 7.29. The topological polar surface area (TPSA) is 72.5 Å². The molecule has 0 aromatic heterocycles. The van der Waals surface area contributed by atoms with Gasteiger partial charge in [-0.25, -0.2) is 5.90 Å². The highest BCUT2D eigenvalue weighted by Gasteiger charge is 2.40. The van der Waals surface area contributed by atoms with Gasteiger partial charge >= 0.3 is 5.97 Å². The van der Waals surface area contributed by atoms with Crippen LogP contribution in [0.1, 0.15) is 52.9 Å². The summed E-state index contributed by atoms with van der Waals surface area (Å²) in [6.45, 7) is 6.68. The van der Waals surface area contributed by atoms with Crippen LogP contribution in [0.15, 0.2) is 0 Å². The molecule has 4 heteroatoms. The lowest BCUT2D eigenvalue weighted by atomic mass is 9.68. The minimum atomic E-state index is -0.834. The van der Waals surface area contributed by atoms with E-state index in [4.69, 9.17) is 15.8 Å². The molecule has 0 amide bonds. The molecule has 0 aromatic carbocycles. The minimum absolute atomic E-state index is 0.0142. The van der Waals surface area contributed by atoms with Gasteiger partial charge in [-0.05, 0) is 37.0 Å². The molecular weight excluding hydrogens is 206 g/mol. The molecule has 94 valence electrons. The fourth-order valence-corrected chi connectivity index (χ4v) is 2.62. The van der Waals surface area contributed by atoms with E-state index in [1.165, 1.54) is 0 Å². The largest absolute Gasteiger partial charge is 0.481 e. The highest BCUT2D eigenvalue weighted by atomic mass is 16.6. The first-order valence-corrected chi connectivity index (χ1v) is 5.89. The Morgan fingerprint density at radius 3 is 2.25 bits per heavy atom. The van der Waals surface area contributed by atoms with Crippen LogP contribution in [0.2, 0.25) is 0 Å². The fourth-order valence-electron chi connectivity index (χ4n) is 2.62. The molecule has 4 nitrogen and oxygen atoms in total. The molecule has 0 aromatic rings. The van der Waals surface area contributed by atoms with Crippen LogP contribution < -0.4 is 5.90 Å². The van der Waals surface area contributed by atoms with Gasteiger partial charge in [0.1, 0.15) is 0 Å². The molecule has 1 aliphatic rings. The molecule has 0 atom stereocenters. The van der Waals surface area contributed by atoms with Crippen molar-refractivity contribution in [1.82, 2.24) is 0 Å². The molecule has 0 radical (unpaired) electrons. The average Bonchev–Trinajstić information content (AvgIpc) is 2.16. The third kappa shape index (κ3) is 3.19. The maximum absolute atomic E-state index is 10.8. The van der Waals surface area contributed by atoms with Gasteiger partial charge in [-0.15, -0.1) is 0 Å². The van der Waals surface area contributed by atoms with Crippen molar-refractivity contribution in [1.29, 1.82) is 0 Å². The van der Waals surface area contributed by atoms with Gasteiger partial charge in [0.2, 0.25) is 0 Å². The molecule has 0 aliphatic heterocycles. The molecular formula is C12H23NO3. The fraction of sp³-hybridized carbons (Fsp3) is 0.917. The van der Waals surface area contributed by atoms with E-state index in [0.717, 1.165) is 25.7 Å². The maximum Gasteiger partial charge on any atom is 0.306 e. The van der Waals surface area contributed by atoms with E-state index in [0.29, 0.717) is 5.92 Å². The van der Waals surface area contributed by atoms with Crippen LogP contribution in [0.3, 0.4) is 0 Å². The Morgan fingerprint density at radius 2 is 1.94 bits per heavy atom. The van der Waals surface area contributed by atoms with Crippen molar-refractivity contribution in [2.45, 2.75) is 58.5 Å². The summed E-state index contributed by atoms with van der Waals surface area (Å²) in [5.74, 6) is 5.07. The van der Waals surface area contributed by atoms with E-state index in [-0.39, 0.29) is 11.8 Å². The third-order valence-electron chi connectivity index (χ3n) is 3.84. The number of carboxylic acids is 1. The van der Waals surface area contributed by atoms with Gasteiger partial charge in [0.05, 0.1) is 12.0 Å². The smallest absolute Gasteiger partial charge is 0.306 e. The van der Waals surface area contributed by atoms with Crippen LogP contribution in [0, 0.1) is 11.3 Å². The van der Waals surface area contributed by atoms with Crippen LogP contribution in [0.5, 0.6) is 0 Å². The van der Waals surface area contributed by atoms with Crippen molar-refractivity contribution < 1.29 is 14.7 Å². The number of carbonyl (C=O) groups is 1. The van der Waals surface area contributed by atoms with E-state index in [1.54, 1.807) is 0 Å². The number of nitrogens with two attached hydrogens (primary N) is 1. The lowest BCUT2D eigenvalue weighted by Crippen LogP contribution is -2.43.